The van der Waals surface area contributed by atoms with Crippen molar-refractivity contribution in [3.8, 4) is 10.4 Å². The molecule has 0 spiro atoms. The Morgan fingerprint density at radius 3 is 2.68 bits per heavy atom. The molecule has 3 fully saturated rings. The third-order valence-electron chi connectivity index (χ3n) is 8.07. The second-order valence-corrected chi connectivity index (χ2v) is 12.1. The van der Waals surface area contributed by atoms with Gasteiger partial charge in [0.1, 0.15) is 0 Å². The van der Waals surface area contributed by atoms with Gasteiger partial charge in [0.15, 0.2) is 0 Å². The molecule has 2 atom stereocenters. The third kappa shape index (κ3) is 5.46. The van der Waals surface area contributed by atoms with Crippen molar-refractivity contribution in [1.29, 1.82) is 0 Å². The van der Waals surface area contributed by atoms with Gasteiger partial charge in [-0.2, -0.15) is 0 Å². The van der Waals surface area contributed by atoms with Crippen LogP contribution in [0.3, 0.4) is 0 Å². The Kier molecular flexibility index (Phi) is 6.80. The predicted octanol–water partition coefficient (Wildman–Crippen LogP) is 4.53. The number of benzene rings is 2. The molecule has 5 N–H and O–H groups in total. The first-order chi connectivity index (χ1) is 18.0. The summed E-state index contributed by atoms with van der Waals surface area (Å²) in [5.41, 5.74) is 4.82. The molecular formula is C30H36N4O2S. The molecule has 2 aliphatic carbocycles. The van der Waals surface area contributed by atoms with Gasteiger partial charge in [-0.05, 0) is 86.1 Å². The lowest BCUT2D eigenvalue weighted by atomic mass is 10.00. The third-order valence-corrected chi connectivity index (χ3v) is 9.20. The highest BCUT2D eigenvalue weighted by molar-refractivity contribution is 7.15. The summed E-state index contributed by atoms with van der Waals surface area (Å²) in [7, 11) is 0. The maximum Gasteiger partial charge on any atom is 0.252 e. The van der Waals surface area contributed by atoms with Crippen LogP contribution in [-0.2, 0) is 12.1 Å². The fraction of sp³-hybridized carbons (Fsp3) is 0.433. The van der Waals surface area contributed by atoms with E-state index >= 15 is 0 Å². The Bertz CT molecular complexity index is 1280. The average Bonchev–Trinajstić information content (AvgIpc) is 3.29. The van der Waals surface area contributed by atoms with Gasteiger partial charge in [-0.15, -0.1) is 11.3 Å². The van der Waals surface area contributed by atoms with E-state index in [-0.39, 0.29) is 17.6 Å². The molecule has 3 aliphatic rings. The number of aliphatic hydroxyl groups excluding tert-OH is 1. The van der Waals surface area contributed by atoms with Crippen molar-refractivity contribution < 1.29 is 9.90 Å². The molecule has 37 heavy (non-hydrogen) atoms. The first-order valence-corrected chi connectivity index (χ1v) is 14.3. The number of aryl methyl sites for hydroxylation is 1. The van der Waals surface area contributed by atoms with Crippen molar-refractivity contribution in [2.45, 2.75) is 69.3 Å². The number of amides is 1. The number of thiophene rings is 1. The van der Waals surface area contributed by atoms with E-state index in [4.69, 9.17) is 0 Å². The van der Waals surface area contributed by atoms with Gasteiger partial charge in [0.2, 0.25) is 0 Å². The zero-order valence-electron chi connectivity index (χ0n) is 21.3. The van der Waals surface area contributed by atoms with Gasteiger partial charge in [0.05, 0.1) is 17.7 Å². The minimum Gasteiger partial charge on any atom is -0.393 e. The van der Waals surface area contributed by atoms with E-state index in [1.807, 2.05) is 30.4 Å². The minimum absolute atomic E-state index is 0.00250. The van der Waals surface area contributed by atoms with E-state index < -0.39 is 0 Å². The average molecular weight is 517 g/mol. The molecule has 2 aromatic carbocycles. The number of anilines is 1. The maximum absolute atomic E-state index is 13.4. The highest BCUT2D eigenvalue weighted by Crippen LogP contribution is 2.47. The zero-order chi connectivity index (χ0) is 25.4. The molecular weight excluding hydrogens is 480 g/mol. The maximum atomic E-state index is 13.4. The molecule has 1 amide bonds. The van der Waals surface area contributed by atoms with Gasteiger partial charge in [-0.3, -0.25) is 4.79 Å². The van der Waals surface area contributed by atoms with Crippen molar-refractivity contribution in [3.05, 3.63) is 76.2 Å². The van der Waals surface area contributed by atoms with Gasteiger partial charge in [-0.25, -0.2) is 0 Å². The van der Waals surface area contributed by atoms with Gasteiger partial charge in [0.25, 0.3) is 5.91 Å². The number of hydrogen-bond acceptors (Lipinski definition) is 6. The van der Waals surface area contributed by atoms with Crippen molar-refractivity contribution >= 4 is 22.9 Å². The lowest BCUT2D eigenvalue weighted by Crippen LogP contribution is -2.51. The normalized spacial score (nSPS) is 22.4. The number of rotatable bonds is 9. The molecule has 6 rings (SSSR count). The first kappa shape index (κ1) is 24.6. The Morgan fingerprint density at radius 2 is 1.95 bits per heavy atom. The molecule has 2 heterocycles. The molecule has 2 saturated carbocycles. The van der Waals surface area contributed by atoms with E-state index in [1.165, 1.54) is 20.9 Å². The number of aliphatic hydroxyl groups is 1. The van der Waals surface area contributed by atoms with Crippen LogP contribution in [0, 0.1) is 6.92 Å². The summed E-state index contributed by atoms with van der Waals surface area (Å²) in [6.45, 7) is 4.76. The van der Waals surface area contributed by atoms with Crippen LogP contribution in [0.1, 0.15) is 58.5 Å². The monoisotopic (exact) mass is 516 g/mol. The van der Waals surface area contributed by atoms with E-state index in [0.717, 1.165) is 68.6 Å². The molecule has 0 radical (unpaired) electrons. The number of hydrogen-bond donors (Lipinski definition) is 5. The molecule has 1 saturated heterocycles. The van der Waals surface area contributed by atoms with Crippen LogP contribution in [-0.4, -0.2) is 42.3 Å². The Morgan fingerprint density at radius 1 is 1.08 bits per heavy atom. The van der Waals surface area contributed by atoms with Crippen molar-refractivity contribution in [2.75, 3.05) is 18.4 Å². The Hall–Kier alpha value is -2.71. The number of carbonyl (C=O) groups is 1. The van der Waals surface area contributed by atoms with Crippen molar-refractivity contribution in [1.82, 2.24) is 16.0 Å². The van der Waals surface area contributed by atoms with E-state index in [0.29, 0.717) is 12.1 Å². The summed E-state index contributed by atoms with van der Waals surface area (Å²) >= 11 is 1.81. The van der Waals surface area contributed by atoms with E-state index in [9.17, 15) is 9.90 Å². The summed E-state index contributed by atoms with van der Waals surface area (Å²) in [5.74, 6) is -0.00250. The van der Waals surface area contributed by atoms with Crippen LogP contribution in [0.25, 0.3) is 10.4 Å². The molecule has 0 bridgehead atoms. The minimum atomic E-state index is -0.286. The van der Waals surface area contributed by atoms with Crippen LogP contribution < -0.4 is 21.3 Å². The quantitative estimate of drug-likeness (QED) is 0.289. The fourth-order valence-corrected chi connectivity index (χ4v) is 6.42. The smallest absolute Gasteiger partial charge is 0.252 e. The van der Waals surface area contributed by atoms with Gasteiger partial charge >= 0.3 is 0 Å². The Labute approximate surface area is 222 Å². The number of nitrogens with one attached hydrogen (secondary N) is 4. The van der Waals surface area contributed by atoms with E-state index in [1.54, 1.807) is 0 Å². The SMILES string of the molecule is Cc1ccc(NC2CNC2)cc1C(=O)NC1(c2cccc(-c3ccc(CNC4CC[C@@H](O)C4)s3)c2)CC1. The Balaban J connectivity index is 1.13. The van der Waals surface area contributed by atoms with Crippen LogP contribution in [0.15, 0.2) is 54.6 Å². The molecule has 194 valence electrons. The molecule has 1 aliphatic heterocycles. The molecule has 1 aromatic heterocycles. The van der Waals surface area contributed by atoms with Gasteiger partial charge < -0.3 is 26.4 Å². The fourth-order valence-electron chi connectivity index (χ4n) is 5.46. The molecule has 3 aromatic rings. The van der Waals surface area contributed by atoms with Crippen molar-refractivity contribution in [2.24, 2.45) is 0 Å². The summed E-state index contributed by atoms with van der Waals surface area (Å²) < 4.78 is 0. The lowest BCUT2D eigenvalue weighted by molar-refractivity contribution is 0.0930. The van der Waals surface area contributed by atoms with Gasteiger partial charge in [-0.1, -0.05) is 24.3 Å². The highest BCUT2D eigenvalue weighted by Gasteiger charge is 2.46. The molecule has 6 nitrogen and oxygen atoms in total. The number of carbonyl (C=O) groups excluding carboxylic acids is 1. The van der Waals surface area contributed by atoms with Crippen LogP contribution >= 0.6 is 11.3 Å². The zero-order valence-corrected chi connectivity index (χ0v) is 22.2. The predicted molar refractivity (Wildman–Crippen MR) is 150 cm³/mol. The van der Waals surface area contributed by atoms with Gasteiger partial charge in [0, 0.05) is 46.7 Å². The summed E-state index contributed by atoms with van der Waals surface area (Å²) in [6, 6.07) is 20.0. The van der Waals surface area contributed by atoms with Crippen LogP contribution in [0.2, 0.25) is 0 Å². The second-order valence-electron chi connectivity index (χ2n) is 11.0. The molecule has 7 heteroatoms. The lowest BCUT2D eigenvalue weighted by Gasteiger charge is -2.29. The summed E-state index contributed by atoms with van der Waals surface area (Å²) in [5, 5.41) is 23.5. The van der Waals surface area contributed by atoms with E-state index in [2.05, 4.69) is 63.7 Å². The molecule has 1 unspecified atom stereocenters. The highest BCUT2D eigenvalue weighted by atomic mass is 32.1. The first-order valence-electron chi connectivity index (χ1n) is 13.5. The topological polar surface area (TPSA) is 85.4 Å². The second kappa shape index (κ2) is 10.2. The van der Waals surface area contributed by atoms with Crippen molar-refractivity contribution in [3.63, 3.8) is 0 Å². The van der Waals surface area contributed by atoms with Crippen LogP contribution in [0.4, 0.5) is 5.69 Å². The summed E-state index contributed by atoms with van der Waals surface area (Å²) in [6.07, 6.45) is 4.57. The standard InChI is InChI=1S/C30H36N4O2S/c1-19-5-6-23(33-24-16-31-17-24)15-27(19)29(36)34-30(11-12-30)21-4-2-3-20(13-21)28-10-9-26(37-28)18-32-22-7-8-25(35)14-22/h2-6,9-10,13,15,22,24-25,31-33,35H,7-8,11-12,14,16-18H2,1H3,(H,34,36)/t22?,25-/m1/s1. The van der Waals surface area contributed by atoms with Crippen LogP contribution in [0.5, 0.6) is 0 Å². The summed E-state index contributed by atoms with van der Waals surface area (Å²) in [4.78, 5) is 16.0. The largest absolute Gasteiger partial charge is 0.393 e.